The molecule has 1 N–H and O–H groups in total. The lowest BCUT2D eigenvalue weighted by atomic mass is 10.1. The van der Waals surface area contributed by atoms with Crippen LogP contribution >= 0.6 is 0 Å². The first-order valence-corrected chi connectivity index (χ1v) is 10.4. The summed E-state index contributed by atoms with van der Waals surface area (Å²) < 4.78 is 43.5. The first-order valence-electron chi connectivity index (χ1n) is 10.4. The lowest BCUT2D eigenvalue weighted by Gasteiger charge is -2.14. The highest BCUT2D eigenvalue weighted by Gasteiger charge is 2.31. The largest absolute Gasteiger partial charge is 0.439 e. The van der Waals surface area contributed by atoms with Gasteiger partial charge in [-0.3, -0.25) is 14.6 Å². The van der Waals surface area contributed by atoms with Crippen LogP contribution in [-0.2, 0) is 22.2 Å². The van der Waals surface area contributed by atoms with Gasteiger partial charge in [0.15, 0.2) is 0 Å². The number of alkyl halides is 3. The molecule has 4 rings (SSSR count). The van der Waals surface area contributed by atoms with Gasteiger partial charge in [0.1, 0.15) is 5.75 Å². The fourth-order valence-electron chi connectivity index (χ4n) is 3.65. The second kappa shape index (κ2) is 9.05. The summed E-state index contributed by atoms with van der Waals surface area (Å²) in [6, 6.07) is 10.4. The van der Waals surface area contributed by atoms with Crippen LogP contribution in [-0.4, -0.2) is 45.8 Å². The van der Waals surface area contributed by atoms with Gasteiger partial charge in [-0.2, -0.15) is 13.2 Å². The molecule has 7 nitrogen and oxygen atoms in total. The molecule has 1 atom stereocenters. The fourth-order valence-corrected chi connectivity index (χ4v) is 3.65. The Morgan fingerprint density at radius 1 is 1.21 bits per heavy atom. The summed E-state index contributed by atoms with van der Waals surface area (Å²) >= 11 is 0. The van der Waals surface area contributed by atoms with Crippen LogP contribution < -0.4 is 10.1 Å². The van der Waals surface area contributed by atoms with E-state index in [1.165, 1.54) is 0 Å². The molecule has 2 aromatic heterocycles. The molecule has 172 valence electrons. The minimum atomic E-state index is -4.46. The Bertz CT molecular complexity index is 1180. The van der Waals surface area contributed by atoms with Crippen LogP contribution in [0, 0.1) is 0 Å². The molecule has 0 radical (unpaired) electrons. The molecule has 0 spiro atoms. The van der Waals surface area contributed by atoms with Crippen molar-refractivity contribution in [1.82, 2.24) is 20.2 Å². The van der Waals surface area contributed by atoms with Crippen molar-refractivity contribution < 1.29 is 27.5 Å². The van der Waals surface area contributed by atoms with Gasteiger partial charge in [0, 0.05) is 37.2 Å². The van der Waals surface area contributed by atoms with Gasteiger partial charge in [-0.05, 0) is 37.3 Å². The highest BCUT2D eigenvalue weighted by Crippen LogP contribution is 2.30. The standard InChI is InChI=1S/C23H21F3N4O3/c1-2-30-13-17(11-22(30)32)29-20(31)10-16-5-3-14-9-18(6-7-19(14)28-16)33-21-8-4-15(12-27-21)23(24,25)26/h3-9,12,17H,2,10-11,13H2,1H3,(H,29,31). The Kier molecular flexibility index (Phi) is 6.17. The van der Waals surface area contributed by atoms with E-state index in [0.29, 0.717) is 36.5 Å². The van der Waals surface area contributed by atoms with Gasteiger partial charge in [-0.15, -0.1) is 0 Å². The Balaban J connectivity index is 1.39. The Labute approximate surface area is 187 Å². The maximum atomic E-state index is 12.7. The monoisotopic (exact) mass is 458 g/mol. The second-order valence-electron chi connectivity index (χ2n) is 7.72. The highest BCUT2D eigenvalue weighted by atomic mass is 19.4. The minimum Gasteiger partial charge on any atom is -0.439 e. The topological polar surface area (TPSA) is 84.4 Å². The number of fused-ring (bicyclic) bond motifs is 1. The van der Waals surface area contributed by atoms with Crippen LogP contribution in [0.25, 0.3) is 10.9 Å². The normalized spacial score (nSPS) is 16.3. The van der Waals surface area contributed by atoms with Gasteiger partial charge in [0.25, 0.3) is 0 Å². The number of likely N-dealkylation sites (N-methyl/N-ethyl adjacent to an activating group) is 1. The number of amides is 2. The summed E-state index contributed by atoms with van der Waals surface area (Å²) in [5, 5.41) is 3.62. The van der Waals surface area contributed by atoms with Gasteiger partial charge >= 0.3 is 6.18 Å². The summed E-state index contributed by atoms with van der Waals surface area (Å²) in [5.41, 5.74) is 0.368. The first-order chi connectivity index (χ1) is 15.7. The number of ether oxygens (including phenoxy) is 1. The summed E-state index contributed by atoms with van der Waals surface area (Å²) in [5.74, 6) is 0.270. The Hall–Kier alpha value is -3.69. The number of likely N-dealkylation sites (tertiary alicyclic amines) is 1. The van der Waals surface area contributed by atoms with Gasteiger partial charge in [-0.1, -0.05) is 6.07 Å². The number of hydrogen-bond acceptors (Lipinski definition) is 5. The molecule has 1 aliphatic heterocycles. The first kappa shape index (κ1) is 22.5. The molecule has 1 aromatic carbocycles. The lowest BCUT2D eigenvalue weighted by molar-refractivity contribution is -0.137. The Morgan fingerprint density at radius 3 is 2.70 bits per heavy atom. The summed E-state index contributed by atoms with van der Waals surface area (Å²) in [6.45, 7) is 3.04. The third-order valence-electron chi connectivity index (χ3n) is 5.31. The number of pyridine rings is 2. The van der Waals surface area contributed by atoms with E-state index in [-0.39, 0.29) is 30.2 Å². The number of hydrogen-bond donors (Lipinski definition) is 1. The second-order valence-corrected chi connectivity index (χ2v) is 7.72. The lowest BCUT2D eigenvalue weighted by Crippen LogP contribution is -2.38. The molecule has 10 heteroatoms. The van der Waals surface area contributed by atoms with E-state index in [1.807, 2.05) is 6.92 Å². The number of rotatable bonds is 6. The Morgan fingerprint density at radius 2 is 2.03 bits per heavy atom. The number of benzene rings is 1. The van der Waals surface area contributed by atoms with Crippen molar-refractivity contribution in [1.29, 1.82) is 0 Å². The molecule has 33 heavy (non-hydrogen) atoms. The third kappa shape index (κ3) is 5.39. The number of carbonyl (C=O) groups excluding carboxylic acids is 2. The number of aromatic nitrogens is 2. The van der Waals surface area contributed by atoms with E-state index in [2.05, 4.69) is 15.3 Å². The average Bonchev–Trinajstić information content (AvgIpc) is 3.12. The van der Waals surface area contributed by atoms with Crippen LogP contribution in [0.1, 0.15) is 24.6 Å². The predicted octanol–water partition coefficient (Wildman–Crippen LogP) is 3.72. The van der Waals surface area contributed by atoms with E-state index in [0.717, 1.165) is 23.7 Å². The molecule has 0 aliphatic carbocycles. The van der Waals surface area contributed by atoms with Gasteiger partial charge < -0.3 is 15.0 Å². The number of carbonyl (C=O) groups is 2. The molecule has 1 fully saturated rings. The molecule has 3 aromatic rings. The minimum absolute atomic E-state index is 0.0376. The van der Waals surface area contributed by atoms with Gasteiger partial charge in [0.05, 0.1) is 29.2 Å². The zero-order chi connectivity index (χ0) is 23.6. The molecular weight excluding hydrogens is 437 g/mol. The third-order valence-corrected chi connectivity index (χ3v) is 5.31. The number of nitrogens with zero attached hydrogens (tertiary/aromatic N) is 3. The fraction of sp³-hybridized carbons (Fsp3) is 0.304. The van der Waals surface area contributed by atoms with E-state index in [1.54, 1.807) is 35.2 Å². The summed E-state index contributed by atoms with van der Waals surface area (Å²) in [6.07, 6.45) is -3.35. The van der Waals surface area contributed by atoms with Crippen molar-refractivity contribution in [2.24, 2.45) is 0 Å². The van der Waals surface area contributed by atoms with Crippen molar-refractivity contribution in [3.05, 3.63) is 59.9 Å². The zero-order valence-electron chi connectivity index (χ0n) is 17.7. The van der Waals surface area contributed by atoms with E-state index < -0.39 is 11.7 Å². The average molecular weight is 458 g/mol. The van der Waals surface area contributed by atoms with Crippen LogP contribution in [0.15, 0.2) is 48.7 Å². The molecule has 1 saturated heterocycles. The molecule has 0 saturated carbocycles. The molecule has 3 heterocycles. The van der Waals surface area contributed by atoms with Crippen molar-refractivity contribution >= 4 is 22.7 Å². The van der Waals surface area contributed by atoms with E-state index in [9.17, 15) is 22.8 Å². The van der Waals surface area contributed by atoms with Crippen LogP contribution in [0.3, 0.4) is 0 Å². The van der Waals surface area contributed by atoms with Crippen molar-refractivity contribution in [2.45, 2.75) is 32.0 Å². The summed E-state index contributed by atoms with van der Waals surface area (Å²) in [4.78, 5) is 34.1. The number of nitrogens with one attached hydrogen (secondary N) is 1. The quantitative estimate of drug-likeness (QED) is 0.609. The predicted molar refractivity (Wildman–Crippen MR) is 114 cm³/mol. The van der Waals surface area contributed by atoms with Crippen molar-refractivity contribution in [3.8, 4) is 11.6 Å². The highest BCUT2D eigenvalue weighted by molar-refractivity contribution is 5.84. The van der Waals surface area contributed by atoms with Gasteiger partial charge in [0.2, 0.25) is 17.7 Å². The van der Waals surface area contributed by atoms with Crippen LogP contribution in [0.4, 0.5) is 13.2 Å². The number of halogens is 3. The van der Waals surface area contributed by atoms with Crippen LogP contribution in [0.5, 0.6) is 11.6 Å². The molecule has 0 bridgehead atoms. The van der Waals surface area contributed by atoms with Crippen molar-refractivity contribution in [2.75, 3.05) is 13.1 Å². The molecular formula is C23H21F3N4O3. The van der Waals surface area contributed by atoms with Crippen LogP contribution in [0.2, 0.25) is 0 Å². The molecule has 1 aliphatic rings. The molecule has 2 amide bonds. The summed E-state index contributed by atoms with van der Waals surface area (Å²) in [7, 11) is 0. The van der Waals surface area contributed by atoms with Gasteiger partial charge in [-0.25, -0.2) is 4.98 Å². The van der Waals surface area contributed by atoms with Crippen molar-refractivity contribution in [3.63, 3.8) is 0 Å². The SMILES string of the molecule is CCN1CC(NC(=O)Cc2ccc3cc(Oc4ccc(C(F)(F)F)cn4)ccc3n2)CC1=O. The molecule has 1 unspecified atom stereocenters. The smallest absolute Gasteiger partial charge is 0.417 e. The van der Waals surface area contributed by atoms with E-state index in [4.69, 9.17) is 4.74 Å². The maximum absolute atomic E-state index is 12.7. The van der Waals surface area contributed by atoms with E-state index >= 15 is 0 Å². The zero-order valence-corrected chi connectivity index (χ0v) is 17.7. The maximum Gasteiger partial charge on any atom is 0.417 e.